The molecule has 0 atom stereocenters. The molecule has 4 rings (SSSR count). The van der Waals surface area contributed by atoms with Gasteiger partial charge in [-0.05, 0) is 24.3 Å². The Bertz CT molecular complexity index is 1070. The van der Waals surface area contributed by atoms with Crippen molar-refractivity contribution in [2.75, 3.05) is 19.5 Å². The summed E-state index contributed by atoms with van der Waals surface area (Å²) in [5.74, 6) is 2.63. The van der Waals surface area contributed by atoms with Gasteiger partial charge < -0.3 is 14.8 Å². The molecule has 0 aliphatic carbocycles. The predicted molar refractivity (Wildman–Crippen MR) is 97.7 cm³/mol. The first-order valence-corrected chi connectivity index (χ1v) is 7.78. The Balaban J connectivity index is 1.79. The zero-order chi connectivity index (χ0) is 17.2. The Morgan fingerprint density at radius 3 is 2.48 bits per heavy atom. The quantitative estimate of drug-likeness (QED) is 0.610. The highest BCUT2D eigenvalue weighted by Gasteiger charge is 2.11. The fraction of sp³-hybridized carbons (Fsp3) is 0.105. The highest BCUT2D eigenvalue weighted by Crippen LogP contribution is 2.34. The summed E-state index contributed by atoms with van der Waals surface area (Å²) >= 11 is 0. The van der Waals surface area contributed by atoms with Gasteiger partial charge in [-0.1, -0.05) is 18.2 Å². The van der Waals surface area contributed by atoms with Crippen LogP contribution >= 0.6 is 0 Å². The van der Waals surface area contributed by atoms with E-state index in [0.717, 1.165) is 21.8 Å². The maximum atomic E-state index is 5.38. The van der Waals surface area contributed by atoms with Crippen LogP contribution in [-0.4, -0.2) is 29.2 Å². The molecule has 0 spiro atoms. The van der Waals surface area contributed by atoms with Crippen molar-refractivity contribution in [1.29, 1.82) is 0 Å². The summed E-state index contributed by atoms with van der Waals surface area (Å²) in [6.07, 6.45) is 1.51. The second kappa shape index (κ2) is 6.24. The first kappa shape index (κ1) is 15.1. The molecule has 0 aliphatic heterocycles. The van der Waals surface area contributed by atoms with E-state index in [1.54, 1.807) is 14.2 Å². The van der Waals surface area contributed by atoms with E-state index >= 15 is 0 Å². The lowest BCUT2D eigenvalue weighted by molar-refractivity contribution is 0.356. The Kier molecular flexibility index (Phi) is 3.78. The molecule has 0 unspecified atom stereocenters. The summed E-state index contributed by atoms with van der Waals surface area (Å²) in [6, 6.07) is 15.6. The average Bonchev–Trinajstić information content (AvgIpc) is 2.67. The standard InChI is InChI=1S/C19H16N4O2/c1-24-16-9-13-15(10-17(16)25-2)20-11-21-19(13)23-18-8-7-12-5-3-4-6-14(12)22-18/h3-11H,1-2H3,(H,20,21,22,23). The van der Waals surface area contributed by atoms with Gasteiger partial charge in [0.1, 0.15) is 18.0 Å². The molecular weight excluding hydrogens is 316 g/mol. The lowest BCUT2D eigenvalue weighted by Gasteiger charge is -2.12. The summed E-state index contributed by atoms with van der Waals surface area (Å²) in [5.41, 5.74) is 1.68. The highest BCUT2D eigenvalue weighted by molar-refractivity contribution is 5.93. The molecule has 4 aromatic rings. The molecule has 2 aromatic carbocycles. The van der Waals surface area contributed by atoms with Crippen LogP contribution in [0.25, 0.3) is 21.8 Å². The number of pyridine rings is 1. The van der Waals surface area contributed by atoms with Crippen molar-refractivity contribution in [3.63, 3.8) is 0 Å². The Morgan fingerprint density at radius 1 is 0.840 bits per heavy atom. The lowest BCUT2D eigenvalue weighted by atomic mass is 10.2. The van der Waals surface area contributed by atoms with Gasteiger partial charge in [-0.2, -0.15) is 0 Å². The van der Waals surface area contributed by atoms with E-state index in [1.807, 2.05) is 48.5 Å². The van der Waals surface area contributed by atoms with Crippen molar-refractivity contribution in [3.8, 4) is 11.5 Å². The van der Waals surface area contributed by atoms with Crippen LogP contribution in [-0.2, 0) is 0 Å². The summed E-state index contributed by atoms with van der Waals surface area (Å²) in [7, 11) is 3.20. The van der Waals surface area contributed by atoms with Gasteiger partial charge in [-0.15, -0.1) is 0 Å². The number of hydrogen-bond donors (Lipinski definition) is 1. The molecule has 0 radical (unpaired) electrons. The molecule has 124 valence electrons. The van der Waals surface area contributed by atoms with Gasteiger partial charge in [0.05, 0.1) is 25.3 Å². The molecule has 0 fully saturated rings. The van der Waals surface area contributed by atoms with Crippen molar-refractivity contribution in [2.24, 2.45) is 0 Å². The van der Waals surface area contributed by atoms with Gasteiger partial charge >= 0.3 is 0 Å². The minimum Gasteiger partial charge on any atom is -0.493 e. The molecule has 0 bridgehead atoms. The van der Waals surface area contributed by atoms with E-state index in [9.17, 15) is 0 Å². The third-order valence-corrected chi connectivity index (χ3v) is 3.99. The lowest BCUT2D eigenvalue weighted by Crippen LogP contribution is -1.99. The number of para-hydroxylation sites is 1. The number of fused-ring (bicyclic) bond motifs is 2. The molecule has 0 saturated carbocycles. The molecule has 2 aromatic heterocycles. The Hall–Kier alpha value is -3.41. The zero-order valence-electron chi connectivity index (χ0n) is 13.9. The third-order valence-electron chi connectivity index (χ3n) is 3.99. The maximum Gasteiger partial charge on any atom is 0.162 e. The fourth-order valence-electron chi connectivity index (χ4n) is 2.74. The van der Waals surface area contributed by atoms with Crippen molar-refractivity contribution >= 4 is 33.4 Å². The molecule has 0 aliphatic rings. The van der Waals surface area contributed by atoms with Gasteiger partial charge in [0.2, 0.25) is 0 Å². The topological polar surface area (TPSA) is 69.2 Å². The Labute approximate surface area is 144 Å². The molecule has 0 amide bonds. The maximum absolute atomic E-state index is 5.38. The van der Waals surface area contributed by atoms with Crippen LogP contribution in [0.3, 0.4) is 0 Å². The molecule has 2 heterocycles. The van der Waals surface area contributed by atoms with Crippen molar-refractivity contribution < 1.29 is 9.47 Å². The normalized spacial score (nSPS) is 10.8. The first-order valence-electron chi connectivity index (χ1n) is 7.78. The number of methoxy groups -OCH3 is 2. The smallest absolute Gasteiger partial charge is 0.162 e. The SMILES string of the molecule is COc1cc2ncnc(Nc3ccc4ccccc4n3)c2cc1OC. The highest BCUT2D eigenvalue weighted by atomic mass is 16.5. The van der Waals surface area contributed by atoms with Crippen molar-refractivity contribution in [3.05, 3.63) is 54.9 Å². The van der Waals surface area contributed by atoms with Gasteiger partial charge in [-0.25, -0.2) is 15.0 Å². The second-order valence-electron chi connectivity index (χ2n) is 5.46. The van der Waals surface area contributed by atoms with E-state index in [0.29, 0.717) is 23.1 Å². The summed E-state index contributed by atoms with van der Waals surface area (Å²) in [4.78, 5) is 13.3. The van der Waals surface area contributed by atoms with Gasteiger partial charge in [-0.3, -0.25) is 0 Å². The third kappa shape index (κ3) is 2.78. The van der Waals surface area contributed by atoms with Crippen molar-refractivity contribution in [2.45, 2.75) is 0 Å². The van der Waals surface area contributed by atoms with Crippen LogP contribution in [0.1, 0.15) is 0 Å². The zero-order valence-corrected chi connectivity index (χ0v) is 13.9. The largest absolute Gasteiger partial charge is 0.493 e. The monoisotopic (exact) mass is 332 g/mol. The number of hydrogen-bond acceptors (Lipinski definition) is 6. The van der Waals surface area contributed by atoms with Crippen LogP contribution in [0.4, 0.5) is 11.6 Å². The van der Waals surface area contributed by atoms with E-state index in [2.05, 4.69) is 20.3 Å². The minimum atomic E-state index is 0.624. The van der Waals surface area contributed by atoms with Crippen LogP contribution in [0, 0.1) is 0 Å². The minimum absolute atomic E-state index is 0.624. The van der Waals surface area contributed by atoms with Crippen LogP contribution in [0.5, 0.6) is 11.5 Å². The number of aromatic nitrogens is 3. The second-order valence-corrected chi connectivity index (χ2v) is 5.46. The molecule has 6 nitrogen and oxygen atoms in total. The Morgan fingerprint density at radius 2 is 1.64 bits per heavy atom. The summed E-state index contributed by atoms with van der Waals surface area (Å²) < 4.78 is 10.7. The van der Waals surface area contributed by atoms with Crippen molar-refractivity contribution in [1.82, 2.24) is 15.0 Å². The van der Waals surface area contributed by atoms with Crippen LogP contribution in [0.2, 0.25) is 0 Å². The number of benzene rings is 2. The number of anilines is 2. The van der Waals surface area contributed by atoms with E-state index in [-0.39, 0.29) is 0 Å². The van der Waals surface area contributed by atoms with E-state index < -0.39 is 0 Å². The van der Waals surface area contributed by atoms with Crippen LogP contribution < -0.4 is 14.8 Å². The molecule has 1 N–H and O–H groups in total. The predicted octanol–water partition coefficient (Wildman–Crippen LogP) is 3.94. The first-order chi connectivity index (χ1) is 12.3. The van der Waals surface area contributed by atoms with Crippen LogP contribution in [0.15, 0.2) is 54.9 Å². The van der Waals surface area contributed by atoms with E-state index in [4.69, 9.17) is 9.47 Å². The summed E-state index contributed by atoms with van der Waals surface area (Å²) in [6.45, 7) is 0. The van der Waals surface area contributed by atoms with Gasteiger partial charge in [0.15, 0.2) is 11.5 Å². The number of ether oxygens (including phenoxy) is 2. The summed E-state index contributed by atoms with van der Waals surface area (Å²) in [5, 5.41) is 5.19. The number of rotatable bonds is 4. The van der Waals surface area contributed by atoms with Gasteiger partial charge in [0.25, 0.3) is 0 Å². The average molecular weight is 332 g/mol. The molecule has 25 heavy (non-hydrogen) atoms. The number of nitrogens with one attached hydrogen (secondary N) is 1. The van der Waals surface area contributed by atoms with Gasteiger partial charge in [0, 0.05) is 16.8 Å². The molecule has 6 heteroatoms. The fourth-order valence-corrected chi connectivity index (χ4v) is 2.74. The molecule has 0 saturated heterocycles. The molecular formula is C19H16N4O2. The van der Waals surface area contributed by atoms with E-state index in [1.165, 1.54) is 6.33 Å². The number of nitrogens with zero attached hydrogens (tertiary/aromatic N) is 3.